The number of anilines is 2. The molecule has 2 aliphatic heterocycles. The molecule has 2 saturated heterocycles. The van der Waals surface area contributed by atoms with Crippen LogP contribution in [0.25, 0.3) is 11.0 Å². The number of hydrogen-bond acceptors (Lipinski definition) is 13. The molecule has 0 bridgehead atoms. The van der Waals surface area contributed by atoms with Crippen LogP contribution in [0.5, 0.6) is 11.5 Å². The summed E-state index contributed by atoms with van der Waals surface area (Å²) < 4.78 is 42.5. The van der Waals surface area contributed by atoms with Gasteiger partial charge >= 0.3 is 5.69 Å². The smallest absolute Gasteiger partial charge is 0.312 e. The van der Waals surface area contributed by atoms with Gasteiger partial charge in [-0.05, 0) is 124 Å². The maximum atomic E-state index is 14.0. The highest BCUT2D eigenvalue weighted by Gasteiger charge is 2.56. The highest BCUT2D eigenvalue weighted by atomic mass is 32.2. The van der Waals surface area contributed by atoms with E-state index >= 15 is 0 Å². The number of nitro groups is 1. The lowest BCUT2D eigenvalue weighted by atomic mass is 9.59. The molecule has 5 heterocycles. The molecular weight excluding hydrogens is 873 g/mol. The van der Waals surface area contributed by atoms with Crippen molar-refractivity contribution in [1.29, 1.82) is 0 Å². The van der Waals surface area contributed by atoms with E-state index in [1.807, 2.05) is 12.1 Å². The number of morpholine rings is 1. The second-order valence-electron chi connectivity index (χ2n) is 20.4. The molecule has 2 spiro atoms. The lowest BCUT2D eigenvalue weighted by Gasteiger charge is -2.58. The predicted molar refractivity (Wildman–Crippen MR) is 254 cm³/mol. The molecular formula is C50H60N8O8S. The van der Waals surface area contributed by atoms with Crippen molar-refractivity contribution in [2.75, 3.05) is 43.0 Å². The van der Waals surface area contributed by atoms with Crippen LogP contribution in [-0.2, 0) is 14.8 Å². The Hall–Kier alpha value is -5.62. The molecule has 1 amide bonds. The van der Waals surface area contributed by atoms with Gasteiger partial charge in [-0.3, -0.25) is 19.8 Å². The molecule has 3 saturated carbocycles. The molecule has 0 unspecified atom stereocenters. The number of hydrogen-bond donors (Lipinski definition) is 4. The number of nitrogens with zero attached hydrogens (tertiary/aromatic N) is 5. The van der Waals surface area contributed by atoms with Crippen molar-refractivity contribution in [3.05, 3.63) is 106 Å². The number of pyridine rings is 2. The fourth-order valence-electron chi connectivity index (χ4n) is 11.0. The van der Waals surface area contributed by atoms with E-state index in [1.54, 1.807) is 31.3 Å². The molecule has 1 atom stereocenters. The molecule has 5 fully saturated rings. The van der Waals surface area contributed by atoms with E-state index in [0.29, 0.717) is 42.7 Å². The van der Waals surface area contributed by atoms with Gasteiger partial charge in [0.05, 0.1) is 46.7 Å². The normalized spacial score (nSPS) is 24.7. The van der Waals surface area contributed by atoms with Crippen molar-refractivity contribution in [3.63, 3.8) is 0 Å². The van der Waals surface area contributed by atoms with Crippen LogP contribution in [0.2, 0.25) is 0 Å². The Morgan fingerprint density at radius 1 is 1.01 bits per heavy atom. The summed E-state index contributed by atoms with van der Waals surface area (Å²) in [7, 11) is -4.64. The Balaban J connectivity index is 0.842. The number of aromatic nitrogens is 3. The van der Waals surface area contributed by atoms with Gasteiger partial charge in [0.1, 0.15) is 22.0 Å². The zero-order valence-electron chi connectivity index (χ0n) is 38.4. The number of aliphatic hydroxyl groups is 1. The first-order chi connectivity index (χ1) is 32.1. The van der Waals surface area contributed by atoms with Gasteiger partial charge in [0, 0.05) is 61.6 Å². The van der Waals surface area contributed by atoms with Crippen molar-refractivity contribution >= 4 is 44.2 Å². The van der Waals surface area contributed by atoms with Crippen LogP contribution in [0.4, 0.5) is 17.2 Å². The zero-order chi connectivity index (χ0) is 46.7. The number of amides is 1. The lowest BCUT2D eigenvalue weighted by molar-refractivity contribution is -0.384. The molecule has 3 aliphatic carbocycles. The number of H-pyrrole nitrogens is 1. The third-order valence-electron chi connectivity index (χ3n) is 15.3. The van der Waals surface area contributed by atoms with Gasteiger partial charge < -0.3 is 29.8 Å². The van der Waals surface area contributed by atoms with E-state index in [9.17, 15) is 28.4 Å². The Kier molecular flexibility index (Phi) is 11.8. The standard InChI is InChI=1S/C50H60N8O8S/c1-32(2)39-6-4-5-7-40(39)43-30-65-50(15-16-50)31-57(43)36-25-49(26-36)17-20-56(21-18-49)35-8-9-41(44(23-35)66-37-22-34-12-19-51-45(34)53-28-37)47(59)55-67(63,64)38-24-42(58(61)62)46(54-29-38)52-27-33-10-13-48(3,60)14-11-33/h4-9,12,19,22-24,28-29,32-33,36,43,60H,10-11,13-18,20-21,25-27,30-31H2,1-3H3,(H,51,53)(H,52,54)(H,55,59)/t33?,43-,48?/m0/s1. The minimum Gasteiger partial charge on any atom is -0.455 e. The highest BCUT2D eigenvalue weighted by Crippen LogP contribution is 2.56. The van der Waals surface area contributed by atoms with Crippen LogP contribution in [-0.4, -0.2) is 94.2 Å². The van der Waals surface area contributed by atoms with Crippen LogP contribution >= 0.6 is 0 Å². The Morgan fingerprint density at radius 2 is 1.78 bits per heavy atom. The topological polar surface area (TPSA) is 205 Å². The molecule has 17 heteroatoms. The molecule has 16 nitrogen and oxygen atoms in total. The van der Waals surface area contributed by atoms with Gasteiger partial charge in [0.15, 0.2) is 0 Å². The molecule has 5 aromatic rings. The fourth-order valence-corrected chi connectivity index (χ4v) is 11.9. The number of carbonyl (C=O) groups excluding carboxylic acids is 1. The van der Waals surface area contributed by atoms with Crippen LogP contribution < -0.4 is 19.7 Å². The first kappa shape index (κ1) is 45.2. The average Bonchev–Trinajstić information content (AvgIpc) is 3.88. The molecule has 2 aromatic carbocycles. The van der Waals surface area contributed by atoms with E-state index in [4.69, 9.17) is 9.47 Å². The third-order valence-corrected chi connectivity index (χ3v) is 16.6. The maximum absolute atomic E-state index is 14.0. The number of benzene rings is 2. The van der Waals surface area contributed by atoms with E-state index in [1.165, 1.54) is 17.3 Å². The number of nitrogens with one attached hydrogen (secondary N) is 3. The second-order valence-corrected chi connectivity index (χ2v) is 22.1. The van der Waals surface area contributed by atoms with Crippen LogP contribution in [0, 0.1) is 21.4 Å². The molecule has 5 aliphatic rings. The first-order valence-electron chi connectivity index (χ1n) is 23.7. The molecule has 4 N–H and O–H groups in total. The monoisotopic (exact) mass is 932 g/mol. The van der Waals surface area contributed by atoms with Gasteiger partial charge in [-0.2, -0.15) is 0 Å². The Morgan fingerprint density at radius 3 is 2.51 bits per heavy atom. The van der Waals surface area contributed by atoms with E-state index in [0.717, 1.165) is 101 Å². The Labute approximate surface area is 391 Å². The van der Waals surface area contributed by atoms with Crippen LogP contribution in [0.3, 0.4) is 0 Å². The summed E-state index contributed by atoms with van der Waals surface area (Å²) in [6.07, 6.45) is 13.6. The molecule has 0 radical (unpaired) electrons. The van der Waals surface area contributed by atoms with Crippen LogP contribution in [0.15, 0.2) is 84.1 Å². The van der Waals surface area contributed by atoms with Crippen LogP contribution in [0.1, 0.15) is 118 Å². The molecule has 67 heavy (non-hydrogen) atoms. The maximum Gasteiger partial charge on any atom is 0.312 e. The van der Waals surface area contributed by atoms with Crippen molar-refractivity contribution in [1.82, 2.24) is 24.6 Å². The van der Waals surface area contributed by atoms with Crippen molar-refractivity contribution in [2.45, 2.75) is 119 Å². The number of aromatic amines is 1. The molecule has 3 aromatic heterocycles. The number of piperidine rings is 1. The summed E-state index contributed by atoms with van der Waals surface area (Å²) in [5.41, 5.74) is 3.26. The predicted octanol–water partition coefficient (Wildman–Crippen LogP) is 8.61. The van der Waals surface area contributed by atoms with E-state index in [-0.39, 0.29) is 40.1 Å². The SMILES string of the molecule is CC(C)c1ccccc1[C@@H]1COC2(CC2)CN1C1CC2(CCN(c3ccc(C(=O)NS(=O)(=O)c4cnc(NCC5CCC(C)(O)CC5)c([N+](=O)[O-])c4)c(Oc4cnc5[nH]ccc5c4)c3)CC2)C1. The number of carbonyl (C=O) groups is 1. The number of fused-ring (bicyclic) bond motifs is 1. The summed E-state index contributed by atoms with van der Waals surface area (Å²) in [5, 5.41) is 26.3. The summed E-state index contributed by atoms with van der Waals surface area (Å²) in [5.74, 6) is 0.0331. The van der Waals surface area contributed by atoms with Gasteiger partial charge in [-0.25, -0.2) is 23.1 Å². The number of ether oxygens (including phenoxy) is 2. The summed E-state index contributed by atoms with van der Waals surface area (Å²) >= 11 is 0. The largest absolute Gasteiger partial charge is 0.455 e. The number of sulfonamides is 1. The quantitative estimate of drug-likeness (QED) is 0.0646. The first-order valence-corrected chi connectivity index (χ1v) is 25.2. The van der Waals surface area contributed by atoms with Gasteiger partial charge in [0.2, 0.25) is 5.82 Å². The lowest BCUT2D eigenvalue weighted by Crippen LogP contribution is -2.59. The zero-order valence-corrected chi connectivity index (χ0v) is 39.2. The van der Waals surface area contributed by atoms with Crippen molar-refractivity contribution in [2.24, 2.45) is 11.3 Å². The number of rotatable bonds is 13. The third kappa shape index (κ3) is 9.35. The van der Waals surface area contributed by atoms with E-state index in [2.05, 4.69) is 72.9 Å². The van der Waals surface area contributed by atoms with Gasteiger partial charge in [-0.1, -0.05) is 38.1 Å². The molecule has 10 rings (SSSR count). The van der Waals surface area contributed by atoms with Crippen molar-refractivity contribution in [3.8, 4) is 11.5 Å². The minimum atomic E-state index is -4.64. The minimum absolute atomic E-state index is 0.0212. The Bertz CT molecular complexity index is 2780. The second kappa shape index (κ2) is 17.5. The summed E-state index contributed by atoms with van der Waals surface area (Å²) in [4.78, 5) is 41.6. The van der Waals surface area contributed by atoms with E-state index < -0.39 is 37.0 Å². The average molecular weight is 933 g/mol. The highest BCUT2D eigenvalue weighted by molar-refractivity contribution is 7.90. The van der Waals surface area contributed by atoms with Crippen molar-refractivity contribution < 1.29 is 32.7 Å². The van der Waals surface area contributed by atoms with Gasteiger partial charge in [-0.15, -0.1) is 0 Å². The summed E-state index contributed by atoms with van der Waals surface area (Å²) in [6.45, 7) is 10.1. The fraction of sp³-hybridized carbons (Fsp3) is 0.500. The summed E-state index contributed by atoms with van der Waals surface area (Å²) in [6, 6.07) is 19.3. The molecule has 354 valence electrons. The van der Waals surface area contributed by atoms with Gasteiger partial charge in [0.25, 0.3) is 15.9 Å².